The van der Waals surface area contributed by atoms with Gasteiger partial charge in [-0.15, -0.1) is 0 Å². The second-order valence-electron chi connectivity index (χ2n) is 7.38. The van der Waals surface area contributed by atoms with Crippen molar-refractivity contribution in [1.82, 2.24) is 15.2 Å². The number of piperidine rings is 1. The number of rotatable bonds is 4. The molecular formula is C21H19ClN4O5. The maximum atomic E-state index is 12.8. The van der Waals surface area contributed by atoms with Gasteiger partial charge in [-0.2, -0.15) is 0 Å². The molecule has 2 aliphatic rings. The predicted molar refractivity (Wildman–Crippen MR) is 110 cm³/mol. The molecule has 1 aromatic heterocycles. The molecular weight excluding hydrogens is 424 g/mol. The van der Waals surface area contributed by atoms with Crippen LogP contribution in [0, 0.1) is 6.92 Å². The molecule has 0 aliphatic carbocycles. The van der Waals surface area contributed by atoms with Crippen LogP contribution in [-0.4, -0.2) is 39.7 Å². The smallest absolute Gasteiger partial charge is 0.412 e. The van der Waals surface area contributed by atoms with E-state index in [9.17, 15) is 19.2 Å². The molecule has 1 fully saturated rings. The molecule has 9 nitrogen and oxygen atoms in total. The molecule has 1 unspecified atom stereocenters. The molecule has 1 aromatic carbocycles. The maximum absolute atomic E-state index is 12.8. The zero-order valence-corrected chi connectivity index (χ0v) is 17.4. The fourth-order valence-corrected chi connectivity index (χ4v) is 3.74. The van der Waals surface area contributed by atoms with E-state index in [1.807, 2.05) is 0 Å². The van der Waals surface area contributed by atoms with E-state index in [1.165, 1.54) is 11.1 Å². The van der Waals surface area contributed by atoms with Gasteiger partial charge in [-0.25, -0.2) is 4.79 Å². The van der Waals surface area contributed by atoms with Gasteiger partial charge in [-0.05, 0) is 36.6 Å². The molecule has 2 aliphatic heterocycles. The number of carbonyl (C=O) groups is 4. The van der Waals surface area contributed by atoms with Crippen LogP contribution in [0.15, 0.2) is 30.5 Å². The number of aryl methyl sites for hydroxylation is 1. The van der Waals surface area contributed by atoms with Crippen LogP contribution in [0.2, 0.25) is 5.02 Å². The Kier molecular flexibility index (Phi) is 5.60. The molecule has 31 heavy (non-hydrogen) atoms. The number of hydrogen-bond donors (Lipinski definition) is 2. The monoisotopic (exact) mass is 442 g/mol. The van der Waals surface area contributed by atoms with Gasteiger partial charge < -0.3 is 9.64 Å². The van der Waals surface area contributed by atoms with Gasteiger partial charge in [0.25, 0.3) is 5.91 Å². The van der Waals surface area contributed by atoms with E-state index in [2.05, 4.69) is 15.6 Å². The van der Waals surface area contributed by atoms with Crippen LogP contribution in [-0.2, 0) is 27.5 Å². The Hall–Kier alpha value is -3.46. The molecule has 0 radical (unpaired) electrons. The van der Waals surface area contributed by atoms with E-state index in [4.69, 9.17) is 16.3 Å². The van der Waals surface area contributed by atoms with Gasteiger partial charge in [0.2, 0.25) is 11.8 Å². The van der Waals surface area contributed by atoms with Crippen LogP contribution < -0.4 is 10.6 Å². The lowest BCUT2D eigenvalue weighted by atomic mass is 10.0. The number of anilines is 1. The maximum Gasteiger partial charge on any atom is 0.412 e. The highest BCUT2D eigenvalue weighted by molar-refractivity contribution is 6.31. The second-order valence-corrected chi connectivity index (χ2v) is 7.79. The third kappa shape index (κ3) is 4.36. The Morgan fingerprint density at radius 3 is 2.87 bits per heavy atom. The number of nitrogens with zero attached hydrogens (tertiary/aromatic N) is 2. The predicted octanol–water partition coefficient (Wildman–Crippen LogP) is 2.55. The van der Waals surface area contributed by atoms with Gasteiger partial charge in [-0.1, -0.05) is 23.7 Å². The number of ether oxygens (including phenoxy) is 1. The number of pyridine rings is 1. The number of imide groups is 1. The summed E-state index contributed by atoms with van der Waals surface area (Å²) in [6.07, 6.45) is 1.30. The summed E-state index contributed by atoms with van der Waals surface area (Å²) in [5, 5.41) is 5.25. The van der Waals surface area contributed by atoms with Crippen LogP contribution in [0.25, 0.3) is 0 Å². The fraction of sp³-hybridized carbons (Fsp3) is 0.286. The van der Waals surface area contributed by atoms with E-state index < -0.39 is 18.0 Å². The van der Waals surface area contributed by atoms with Crippen molar-refractivity contribution in [2.75, 3.05) is 5.32 Å². The van der Waals surface area contributed by atoms with E-state index in [-0.39, 0.29) is 24.8 Å². The molecule has 0 saturated carbocycles. The number of hydrogen-bond acceptors (Lipinski definition) is 6. The van der Waals surface area contributed by atoms with Crippen molar-refractivity contribution in [3.63, 3.8) is 0 Å². The Labute approximate surface area is 182 Å². The topological polar surface area (TPSA) is 118 Å². The molecule has 0 bridgehead atoms. The minimum atomic E-state index is -0.682. The normalized spacial score (nSPS) is 17.9. The molecule has 1 saturated heterocycles. The van der Waals surface area contributed by atoms with Crippen molar-refractivity contribution >= 4 is 41.1 Å². The second kappa shape index (κ2) is 8.35. The zero-order chi connectivity index (χ0) is 22.1. The first-order valence-electron chi connectivity index (χ1n) is 9.64. The highest BCUT2D eigenvalue weighted by Crippen LogP contribution is 2.28. The van der Waals surface area contributed by atoms with E-state index >= 15 is 0 Å². The lowest BCUT2D eigenvalue weighted by molar-refractivity contribution is -0.136. The summed E-state index contributed by atoms with van der Waals surface area (Å²) in [6, 6.07) is 6.10. The molecule has 4 rings (SSSR count). The highest BCUT2D eigenvalue weighted by Gasteiger charge is 2.39. The SMILES string of the molecule is Cc1ncc(NC(=O)OCc2ccc3c(c2)C(=O)N(C2CCC(=O)NC2=O)C3)cc1Cl. The Bertz CT molecular complexity index is 1100. The van der Waals surface area contributed by atoms with Crippen LogP contribution in [0.3, 0.4) is 0 Å². The molecule has 0 spiro atoms. The lowest BCUT2D eigenvalue weighted by Gasteiger charge is -2.29. The highest BCUT2D eigenvalue weighted by atomic mass is 35.5. The average molecular weight is 443 g/mol. The quantitative estimate of drug-likeness (QED) is 0.702. The number of nitrogens with one attached hydrogen (secondary N) is 2. The van der Waals surface area contributed by atoms with Crippen LogP contribution in [0.5, 0.6) is 0 Å². The first kappa shape index (κ1) is 20.8. The summed E-state index contributed by atoms with van der Waals surface area (Å²) in [6.45, 7) is 2.00. The Morgan fingerprint density at radius 1 is 1.32 bits per heavy atom. The molecule has 1 atom stereocenters. The summed E-state index contributed by atoms with van der Waals surface area (Å²) >= 11 is 5.99. The standard InChI is InChI=1S/C21H19ClN4O5/c1-11-16(22)7-14(8-23-11)24-21(30)31-10-12-2-3-13-9-26(20(29)15(13)6-12)17-4-5-18(27)25-19(17)28/h2-3,6-8,17H,4-5,9-10H2,1H3,(H,24,30)(H,25,27,28). The first-order valence-corrected chi connectivity index (χ1v) is 10.0. The van der Waals surface area contributed by atoms with Crippen molar-refractivity contribution in [2.24, 2.45) is 0 Å². The number of aromatic nitrogens is 1. The van der Waals surface area contributed by atoms with Crippen LogP contribution in [0.1, 0.15) is 40.0 Å². The van der Waals surface area contributed by atoms with Gasteiger partial charge in [-0.3, -0.25) is 30.0 Å². The van der Waals surface area contributed by atoms with Crippen molar-refractivity contribution in [2.45, 2.75) is 39.0 Å². The summed E-state index contributed by atoms with van der Waals surface area (Å²) in [7, 11) is 0. The van der Waals surface area contributed by atoms with Crippen LogP contribution >= 0.6 is 11.6 Å². The number of amides is 4. The average Bonchev–Trinajstić information content (AvgIpc) is 3.05. The van der Waals surface area contributed by atoms with Crippen molar-refractivity contribution < 1.29 is 23.9 Å². The number of halogens is 1. The van der Waals surface area contributed by atoms with Gasteiger partial charge in [0.1, 0.15) is 12.6 Å². The summed E-state index contributed by atoms with van der Waals surface area (Å²) in [5.74, 6) is -1.06. The molecule has 2 aromatic rings. The molecule has 4 amide bonds. The molecule has 160 valence electrons. The minimum absolute atomic E-state index is 0.0438. The third-order valence-corrected chi connectivity index (χ3v) is 5.62. The number of fused-ring (bicyclic) bond motifs is 1. The van der Waals surface area contributed by atoms with Crippen molar-refractivity contribution in [1.29, 1.82) is 0 Å². The molecule has 3 heterocycles. The van der Waals surface area contributed by atoms with Crippen molar-refractivity contribution in [3.05, 3.63) is 57.9 Å². The molecule has 2 N–H and O–H groups in total. The fourth-order valence-electron chi connectivity index (χ4n) is 3.57. The minimum Gasteiger partial charge on any atom is -0.444 e. The molecule has 10 heteroatoms. The zero-order valence-electron chi connectivity index (χ0n) is 16.6. The van der Waals surface area contributed by atoms with Gasteiger partial charge in [0.15, 0.2) is 0 Å². The number of benzene rings is 1. The number of carbonyl (C=O) groups excluding carboxylic acids is 4. The summed E-state index contributed by atoms with van der Waals surface area (Å²) < 4.78 is 5.22. The third-order valence-electron chi connectivity index (χ3n) is 5.23. The van der Waals surface area contributed by atoms with E-state index in [1.54, 1.807) is 31.2 Å². The lowest BCUT2D eigenvalue weighted by Crippen LogP contribution is -2.52. The van der Waals surface area contributed by atoms with Gasteiger partial charge in [0.05, 0.1) is 22.6 Å². The van der Waals surface area contributed by atoms with E-state index in [0.717, 1.165) is 5.56 Å². The summed E-state index contributed by atoms with van der Waals surface area (Å²) in [4.78, 5) is 53.9. The van der Waals surface area contributed by atoms with Gasteiger partial charge in [0, 0.05) is 18.5 Å². The van der Waals surface area contributed by atoms with Gasteiger partial charge >= 0.3 is 6.09 Å². The largest absolute Gasteiger partial charge is 0.444 e. The Balaban J connectivity index is 1.38. The first-order chi connectivity index (χ1) is 14.8. The van der Waals surface area contributed by atoms with E-state index in [0.29, 0.717) is 40.5 Å². The van der Waals surface area contributed by atoms with Crippen molar-refractivity contribution in [3.8, 4) is 0 Å². The Morgan fingerprint density at radius 2 is 2.13 bits per heavy atom. The van der Waals surface area contributed by atoms with Crippen LogP contribution in [0.4, 0.5) is 10.5 Å². The summed E-state index contributed by atoms with van der Waals surface area (Å²) in [5.41, 5.74) is 2.93.